The number of aryl methyl sites for hydroxylation is 2. The highest BCUT2D eigenvalue weighted by Crippen LogP contribution is 2.41. The molecule has 0 amide bonds. The van der Waals surface area contributed by atoms with Crippen LogP contribution in [0.4, 0.5) is 11.5 Å². The van der Waals surface area contributed by atoms with Crippen molar-refractivity contribution in [3.63, 3.8) is 0 Å². The van der Waals surface area contributed by atoms with E-state index in [0.717, 1.165) is 61.8 Å². The molecule has 7 heteroatoms. The minimum Gasteiger partial charge on any atom is -0.435 e. The summed E-state index contributed by atoms with van der Waals surface area (Å²) < 4.78 is 6.59. The highest BCUT2D eigenvalue weighted by atomic mass is 16.5. The highest BCUT2D eigenvalue weighted by Gasteiger charge is 2.30. The number of anilines is 2. The molecule has 2 aromatic carbocycles. The summed E-state index contributed by atoms with van der Waals surface area (Å²) in [6.45, 7) is 13.5. The Balaban J connectivity index is 1.50. The monoisotopic (exact) mass is 532 g/mol. The van der Waals surface area contributed by atoms with E-state index >= 15 is 0 Å². The Labute approximate surface area is 236 Å². The summed E-state index contributed by atoms with van der Waals surface area (Å²) in [6, 6.07) is 17.4. The Hall–Kier alpha value is -4.15. The van der Waals surface area contributed by atoms with Gasteiger partial charge in [-0.3, -0.25) is 4.98 Å². The van der Waals surface area contributed by atoms with Crippen molar-refractivity contribution >= 4 is 22.3 Å². The lowest BCUT2D eigenvalue weighted by Gasteiger charge is -2.37. The number of pyridine rings is 2. The van der Waals surface area contributed by atoms with Crippen LogP contribution in [0, 0.1) is 25.2 Å². The fourth-order valence-corrected chi connectivity index (χ4v) is 6.10. The molecular weight excluding hydrogens is 496 g/mol. The molecule has 0 atom stereocenters. The maximum absolute atomic E-state index is 10.5. The van der Waals surface area contributed by atoms with Gasteiger partial charge in [0.25, 0.3) is 0 Å². The maximum Gasteiger partial charge on any atom is 0.239 e. The predicted molar refractivity (Wildman–Crippen MR) is 161 cm³/mol. The van der Waals surface area contributed by atoms with Crippen molar-refractivity contribution in [1.82, 2.24) is 15.3 Å². The first kappa shape index (κ1) is 26.1. The first-order valence-electron chi connectivity index (χ1n) is 14.2. The Kier molecular flexibility index (Phi) is 7.03. The van der Waals surface area contributed by atoms with Crippen LogP contribution in [0.3, 0.4) is 0 Å². The number of hydrogen-bond acceptors (Lipinski definition) is 7. The number of aromatic nitrogens is 2. The molecular formula is C33H36N6O. The van der Waals surface area contributed by atoms with Crippen molar-refractivity contribution in [1.29, 1.82) is 5.26 Å². The van der Waals surface area contributed by atoms with Gasteiger partial charge < -0.3 is 19.9 Å². The summed E-state index contributed by atoms with van der Waals surface area (Å²) in [7, 11) is 0. The summed E-state index contributed by atoms with van der Waals surface area (Å²) in [5.74, 6) is 2.21. The van der Waals surface area contributed by atoms with Crippen LogP contribution in [-0.2, 0) is 13.0 Å². The maximum atomic E-state index is 10.5. The molecule has 4 aromatic rings. The highest BCUT2D eigenvalue weighted by molar-refractivity contribution is 5.97. The molecule has 0 spiro atoms. The van der Waals surface area contributed by atoms with Crippen LogP contribution in [-0.4, -0.2) is 42.7 Å². The van der Waals surface area contributed by atoms with Crippen LogP contribution in [0.2, 0.25) is 0 Å². The second kappa shape index (κ2) is 10.8. The van der Waals surface area contributed by atoms with E-state index in [0.29, 0.717) is 23.7 Å². The number of nitrogens with zero attached hydrogens (tertiary/aromatic N) is 5. The Morgan fingerprint density at radius 3 is 2.48 bits per heavy atom. The van der Waals surface area contributed by atoms with E-state index < -0.39 is 0 Å². The minimum absolute atomic E-state index is 0.177. The summed E-state index contributed by atoms with van der Waals surface area (Å²) >= 11 is 0. The zero-order valence-corrected chi connectivity index (χ0v) is 23.8. The zero-order valence-electron chi connectivity index (χ0n) is 23.8. The van der Waals surface area contributed by atoms with Gasteiger partial charge in [-0.15, -0.1) is 0 Å². The van der Waals surface area contributed by atoms with Gasteiger partial charge in [0.2, 0.25) is 5.88 Å². The van der Waals surface area contributed by atoms with Crippen molar-refractivity contribution in [2.45, 2.75) is 46.6 Å². The smallest absolute Gasteiger partial charge is 0.239 e. The fraction of sp³-hybridized carbons (Fsp3) is 0.364. The summed E-state index contributed by atoms with van der Waals surface area (Å²) in [5.41, 5.74) is 7.04. The Morgan fingerprint density at radius 1 is 0.950 bits per heavy atom. The van der Waals surface area contributed by atoms with Gasteiger partial charge >= 0.3 is 0 Å². The minimum atomic E-state index is 0.177. The lowest BCUT2D eigenvalue weighted by Crippen LogP contribution is -2.45. The topological polar surface area (TPSA) is 77.3 Å². The van der Waals surface area contributed by atoms with Crippen LogP contribution >= 0.6 is 0 Å². The predicted octanol–water partition coefficient (Wildman–Crippen LogP) is 6.01. The van der Waals surface area contributed by atoms with Crippen molar-refractivity contribution in [3.05, 3.63) is 82.2 Å². The first-order chi connectivity index (χ1) is 19.5. The average Bonchev–Trinajstić information content (AvgIpc) is 2.97. The molecule has 2 aromatic heterocycles. The fourth-order valence-electron chi connectivity index (χ4n) is 6.10. The molecule has 1 N–H and O–H groups in total. The Morgan fingerprint density at radius 2 is 1.73 bits per heavy atom. The summed E-state index contributed by atoms with van der Waals surface area (Å²) in [4.78, 5) is 14.5. The van der Waals surface area contributed by atoms with E-state index in [2.05, 4.69) is 83.3 Å². The van der Waals surface area contributed by atoms with Gasteiger partial charge in [0, 0.05) is 67.7 Å². The van der Waals surface area contributed by atoms with Gasteiger partial charge in [-0.1, -0.05) is 44.2 Å². The van der Waals surface area contributed by atoms with Crippen LogP contribution in [0.5, 0.6) is 11.6 Å². The molecule has 1 saturated heterocycles. The van der Waals surface area contributed by atoms with E-state index in [-0.39, 0.29) is 5.92 Å². The number of nitriles is 1. The third-order valence-electron chi connectivity index (χ3n) is 8.17. The average molecular weight is 533 g/mol. The molecule has 1 fully saturated rings. The molecule has 204 valence electrons. The van der Waals surface area contributed by atoms with Crippen LogP contribution < -0.4 is 19.9 Å². The van der Waals surface area contributed by atoms with Crippen molar-refractivity contribution in [2.24, 2.45) is 0 Å². The van der Waals surface area contributed by atoms with Crippen molar-refractivity contribution in [3.8, 4) is 17.7 Å². The van der Waals surface area contributed by atoms with Crippen LogP contribution in [0.25, 0.3) is 10.8 Å². The lowest BCUT2D eigenvalue weighted by atomic mass is 9.94. The number of piperazine rings is 1. The number of fused-ring (bicyclic) bond motifs is 2. The number of benzene rings is 2. The van der Waals surface area contributed by atoms with Gasteiger partial charge in [0.15, 0.2) is 5.75 Å². The molecule has 2 aliphatic heterocycles. The van der Waals surface area contributed by atoms with E-state index in [4.69, 9.17) is 9.72 Å². The van der Waals surface area contributed by atoms with Gasteiger partial charge in [-0.05, 0) is 54.8 Å². The van der Waals surface area contributed by atoms with Crippen molar-refractivity contribution in [2.75, 3.05) is 42.5 Å². The third-order valence-corrected chi connectivity index (χ3v) is 8.17. The number of rotatable bonds is 5. The molecule has 0 saturated carbocycles. The molecule has 2 aliphatic rings. The normalized spacial score (nSPS) is 15.3. The molecule has 6 rings (SSSR count). The first-order valence-corrected chi connectivity index (χ1v) is 14.2. The molecule has 4 heterocycles. The largest absolute Gasteiger partial charge is 0.435 e. The SMILES string of the molecule is Cc1ccnc(C(C)C)c1Oc1nc(N2CCNCC2)c2c(c1C#N)CN(c1cccc3cccc(C)c13)CC2. The summed E-state index contributed by atoms with van der Waals surface area (Å²) in [6.07, 6.45) is 2.64. The van der Waals surface area contributed by atoms with Gasteiger partial charge in [-0.2, -0.15) is 10.2 Å². The zero-order chi connectivity index (χ0) is 27.8. The van der Waals surface area contributed by atoms with Crippen LogP contribution in [0.15, 0.2) is 48.7 Å². The number of nitrogens with one attached hydrogen (secondary N) is 1. The van der Waals surface area contributed by atoms with Crippen LogP contribution in [0.1, 0.15) is 53.3 Å². The van der Waals surface area contributed by atoms with Crippen molar-refractivity contribution < 1.29 is 4.74 Å². The lowest BCUT2D eigenvalue weighted by molar-refractivity contribution is 0.442. The number of ether oxygens (including phenoxy) is 1. The molecule has 0 radical (unpaired) electrons. The van der Waals surface area contributed by atoms with Gasteiger partial charge in [-0.25, -0.2) is 0 Å². The van der Waals surface area contributed by atoms with Gasteiger partial charge in [0.1, 0.15) is 17.5 Å². The third kappa shape index (κ3) is 4.63. The van der Waals surface area contributed by atoms with E-state index in [1.165, 1.54) is 27.6 Å². The Bertz CT molecular complexity index is 1610. The second-order valence-corrected chi connectivity index (χ2v) is 11.1. The second-order valence-electron chi connectivity index (χ2n) is 11.1. The van der Waals surface area contributed by atoms with E-state index in [1.807, 2.05) is 19.2 Å². The van der Waals surface area contributed by atoms with E-state index in [1.54, 1.807) is 0 Å². The molecule has 0 bridgehead atoms. The number of hydrogen-bond donors (Lipinski definition) is 1. The quantitative estimate of drug-likeness (QED) is 0.337. The van der Waals surface area contributed by atoms with Gasteiger partial charge in [0.05, 0.1) is 5.69 Å². The standard InChI is InChI=1S/C33H36N6O/c1-21(2)30-31(23(4)11-13-36-30)40-33-26(19-34)27-20-39(28-10-6-9-24-8-5-7-22(3)29(24)28)16-12-25(27)32(37-33)38-17-14-35-15-18-38/h5-11,13,21,35H,12,14-18,20H2,1-4H3. The summed E-state index contributed by atoms with van der Waals surface area (Å²) in [5, 5.41) is 16.5. The molecule has 7 nitrogen and oxygen atoms in total. The molecule has 40 heavy (non-hydrogen) atoms. The molecule has 0 aliphatic carbocycles. The molecule has 0 unspecified atom stereocenters. The van der Waals surface area contributed by atoms with E-state index in [9.17, 15) is 5.26 Å².